The van der Waals surface area contributed by atoms with Crippen LogP contribution in [0.25, 0.3) is 0 Å². The number of aliphatic hydroxyl groups excluding tert-OH is 1. The highest BCUT2D eigenvalue weighted by atomic mass is 32.2. The first-order valence-corrected chi connectivity index (χ1v) is 7.16. The van der Waals surface area contributed by atoms with Crippen LogP contribution in [0.15, 0.2) is 29.2 Å². The lowest BCUT2D eigenvalue weighted by atomic mass is 10.3. The largest absolute Gasteiger partial charge is 0.573 e. The summed E-state index contributed by atoms with van der Waals surface area (Å²) in [5, 5.41) is 9.27. The summed E-state index contributed by atoms with van der Waals surface area (Å²) < 4.78 is 65.1. The Bertz CT molecular complexity index is 528. The standard InChI is InChI=1S/C11H14F3NO4S/c1-2-8(16)7-15-20(17,18)10-5-3-9(4-6-10)19-11(12,13)14/h3-6,8,15-16H,2,7H2,1H3. The van der Waals surface area contributed by atoms with Crippen LogP contribution in [-0.2, 0) is 10.0 Å². The Hall–Kier alpha value is -1.32. The van der Waals surface area contributed by atoms with Crippen molar-refractivity contribution in [1.29, 1.82) is 0 Å². The fraction of sp³-hybridized carbons (Fsp3) is 0.455. The summed E-state index contributed by atoms with van der Waals surface area (Å²) >= 11 is 0. The van der Waals surface area contributed by atoms with E-state index in [0.29, 0.717) is 6.42 Å². The van der Waals surface area contributed by atoms with Gasteiger partial charge in [0.25, 0.3) is 0 Å². The van der Waals surface area contributed by atoms with Gasteiger partial charge in [-0.2, -0.15) is 0 Å². The molecular formula is C11H14F3NO4S. The molecule has 1 aromatic carbocycles. The first-order valence-electron chi connectivity index (χ1n) is 5.67. The number of ether oxygens (including phenoxy) is 1. The fourth-order valence-corrected chi connectivity index (χ4v) is 2.33. The van der Waals surface area contributed by atoms with E-state index in [-0.39, 0.29) is 11.4 Å². The zero-order valence-corrected chi connectivity index (χ0v) is 11.3. The number of halogens is 3. The molecule has 0 saturated heterocycles. The van der Waals surface area contributed by atoms with Crippen LogP contribution in [0, 0.1) is 0 Å². The minimum absolute atomic E-state index is 0.167. The third-order valence-corrected chi connectivity index (χ3v) is 3.79. The zero-order chi connectivity index (χ0) is 15.4. The quantitative estimate of drug-likeness (QED) is 0.837. The van der Waals surface area contributed by atoms with Crippen molar-refractivity contribution in [3.05, 3.63) is 24.3 Å². The molecule has 2 N–H and O–H groups in total. The van der Waals surface area contributed by atoms with Crippen molar-refractivity contribution in [3.8, 4) is 5.75 Å². The molecule has 0 aliphatic rings. The van der Waals surface area contributed by atoms with Gasteiger partial charge in [0, 0.05) is 6.54 Å². The van der Waals surface area contributed by atoms with Crippen molar-refractivity contribution in [3.63, 3.8) is 0 Å². The van der Waals surface area contributed by atoms with E-state index in [1.165, 1.54) is 0 Å². The molecule has 0 bridgehead atoms. The maximum atomic E-state index is 11.9. The SMILES string of the molecule is CCC(O)CNS(=O)(=O)c1ccc(OC(F)(F)F)cc1. The summed E-state index contributed by atoms with van der Waals surface area (Å²) in [6.07, 6.45) is -5.28. The molecular weight excluding hydrogens is 299 g/mol. The maximum absolute atomic E-state index is 11.9. The number of sulfonamides is 1. The van der Waals surface area contributed by atoms with E-state index in [1.807, 2.05) is 0 Å². The fourth-order valence-electron chi connectivity index (χ4n) is 1.25. The second-order valence-corrected chi connectivity index (χ2v) is 5.70. The van der Waals surface area contributed by atoms with Crippen LogP contribution in [0.5, 0.6) is 5.75 Å². The first kappa shape index (κ1) is 16.7. The van der Waals surface area contributed by atoms with Crippen molar-refractivity contribution in [2.75, 3.05) is 6.54 Å². The highest BCUT2D eigenvalue weighted by molar-refractivity contribution is 7.89. The van der Waals surface area contributed by atoms with E-state index in [0.717, 1.165) is 24.3 Å². The van der Waals surface area contributed by atoms with Gasteiger partial charge < -0.3 is 9.84 Å². The number of hydrogen-bond donors (Lipinski definition) is 2. The van der Waals surface area contributed by atoms with Gasteiger partial charge in [0.1, 0.15) is 5.75 Å². The highest BCUT2D eigenvalue weighted by Gasteiger charge is 2.31. The molecule has 1 unspecified atom stereocenters. The summed E-state index contributed by atoms with van der Waals surface area (Å²) in [4.78, 5) is -0.213. The zero-order valence-electron chi connectivity index (χ0n) is 10.5. The third kappa shape index (κ3) is 5.35. The van der Waals surface area contributed by atoms with E-state index >= 15 is 0 Å². The van der Waals surface area contributed by atoms with Crippen molar-refractivity contribution in [2.45, 2.75) is 30.7 Å². The van der Waals surface area contributed by atoms with E-state index in [4.69, 9.17) is 0 Å². The molecule has 114 valence electrons. The van der Waals surface area contributed by atoms with Gasteiger partial charge in [-0.1, -0.05) is 6.92 Å². The topological polar surface area (TPSA) is 75.6 Å². The number of benzene rings is 1. The molecule has 20 heavy (non-hydrogen) atoms. The lowest BCUT2D eigenvalue weighted by Crippen LogP contribution is -2.31. The van der Waals surface area contributed by atoms with Gasteiger partial charge in [0.05, 0.1) is 11.0 Å². The van der Waals surface area contributed by atoms with Gasteiger partial charge in [0.15, 0.2) is 0 Å². The molecule has 0 amide bonds. The number of hydrogen-bond acceptors (Lipinski definition) is 4. The monoisotopic (exact) mass is 313 g/mol. The molecule has 0 fully saturated rings. The molecule has 0 radical (unpaired) electrons. The van der Waals surface area contributed by atoms with Crippen molar-refractivity contribution < 1.29 is 31.4 Å². The predicted molar refractivity (Wildman–Crippen MR) is 64.6 cm³/mol. The van der Waals surface area contributed by atoms with Crippen LogP contribution >= 0.6 is 0 Å². The lowest BCUT2D eigenvalue weighted by Gasteiger charge is -2.11. The van der Waals surface area contributed by atoms with E-state index in [1.54, 1.807) is 6.92 Å². The molecule has 0 heterocycles. The van der Waals surface area contributed by atoms with Gasteiger partial charge in [-0.15, -0.1) is 13.2 Å². The van der Waals surface area contributed by atoms with Crippen LogP contribution in [-0.4, -0.2) is 32.5 Å². The minimum Gasteiger partial charge on any atom is -0.406 e. The molecule has 0 aliphatic carbocycles. The van der Waals surface area contributed by atoms with Gasteiger partial charge in [-0.3, -0.25) is 0 Å². The minimum atomic E-state index is -4.83. The predicted octanol–water partition coefficient (Wildman–Crippen LogP) is 1.63. The Kier molecular flexibility index (Phi) is 5.37. The number of rotatable bonds is 6. The molecule has 0 aromatic heterocycles. The lowest BCUT2D eigenvalue weighted by molar-refractivity contribution is -0.274. The van der Waals surface area contributed by atoms with Crippen LogP contribution in [0.4, 0.5) is 13.2 Å². The van der Waals surface area contributed by atoms with Gasteiger partial charge in [0.2, 0.25) is 10.0 Å². The molecule has 1 atom stereocenters. The van der Waals surface area contributed by atoms with Crippen LogP contribution < -0.4 is 9.46 Å². The summed E-state index contributed by atoms with van der Waals surface area (Å²) in [7, 11) is -3.87. The normalized spacial score (nSPS) is 14.1. The Labute approximate surface area is 114 Å². The van der Waals surface area contributed by atoms with E-state index in [2.05, 4.69) is 9.46 Å². The Balaban J connectivity index is 2.77. The molecule has 0 aliphatic heterocycles. The maximum Gasteiger partial charge on any atom is 0.573 e. The van der Waals surface area contributed by atoms with Crippen LogP contribution in [0.1, 0.15) is 13.3 Å². The Morgan fingerprint density at radius 3 is 2.30 bits per heavy atom. The third-order valence-electron chi connectivity index (χ3n) is 2.35. The first-order chi connectivity index (χ1) is 9.14. The average molecular weight is 313 g/mol. The summed E-state index contributed by atoms with van der Waals surface area (Å²) in [6, 6.07) is 3.78. The Morgan fingerprint density at radius 2 is 1.85 bits per heavy atom. The molecule has 1 rings (SSSR count). The van der Waals surface area contributed by atoms with Gasteiger partial charge >= 0.3 is 6.36 Å². The number of aliphatic hydroxyl groups is 1. The van der Waals surface area contributed by atoms with Crippen LogP contribution in [0.2, 0.25) is 0 Å². The number of nitrogens with one attached hydrogen (secondary N) is 1. The van der Waals surface area contributed by atoms with Crippen LogP contribution in [0.3, 0.4) is 0 Å². The van der Waals surface area contributed by atoms with E-state index in [9.17, 15) is 26.7 Å². The van der Waals surface area contributed by atoms with Crippen molar-refractivity contribution >= 4 is 10.0 Å². The van der Waals surface area contributed by atoms with Crippen molar-refractivity contribution in [2.24, 2.45) is 0 Å². The van der Waals surface area contributed by atoms with Gasteiger partial charge in [-0.05, 0) is 30.7 Å². The summed E-state index contributed by atoms with van der Waals surface area (Å²) in [5.41, 5.74) is 0. The molecule has 0 saturated carbocycles. The molecule has 0 spiro atoms. The Morgan fingerprint density at radius 1 is 1.30 bits per heavy atom. The second-order valence-electron chi connectivity index (χ2n) is 3.93. The molecule has 5 nitrogen and oxygen atoms in total. The molecule has 1 aromatic rings. The summed E-state index contributed by atoms with van der Waals surface area (Å²) in [6.45, 7) is 1.52. The average Bonchev–Trinajstić information content (AvgIpc) is 2.34. The second kappa shape index (κ2) is 6.42. The smallest absolute Gasteiger partial charge is 0.406 e. The molecule has 9 heteroatoms. The van der Waals surface area contributed by atoms with E-state index < -0.39 is 28.2 Å². The highest BCUT2D eigenvalue weighted by Crippen LogP contribution is 2.23. The number of alkyl halides is 3. The van der Waals surface area contributed by atoms with Crippen molar-refractivity contribution in [1.82, 2.24) is 4.72 Å². The van der Waals surface area contributed by atoms with Gasteiger partial charge in [-0.25, -0.2) is 13.1 Å². The summed E-state index contributed by atoms with van der Waals surface area (Å²) in [5.74, 6) is -0.509.